The van der Waals surface area contributed by atoms with Crippen LogP contribution in [-0.2, 0) is 38.0 Å². The number of anilines is 1. The number of rotatable bonds is 11. The third-order valence-corrected chi connectivity index (χ3v) is 9.80. The van der Waals surface area contributed by atoms with Crippen LogP contribution in [0.5, 0.6) is 0 Å². The fourth-order valence-electron chi connectivity index (χ4n) is 5.67. The molecule has 0 unspecified atom stereocenters. The first-order chi connectivity index (χ1) is 20.8. The molecule has 236 valence electrons. The zero-order valence-electron chi connectivity index (χ0n) is 26.1. The molecule has 7 nitrogen and oxygen atoms in total. The molecule has 0 heterocycles. The summed E-state index contributed by atoms with van der Waals surface area (Å²) in [6.45, 7) is 5.99. The lowest BCUT2D eigenvalue weighted by molar-refractivity contribution is -0.140. The van der Waals surface area contributed by atoms with Gasteiger partial charge in [0.15, 0.2) is 0 Å². The average Bonchev–Trinajstić information content (AvgIpc) is 2.97. The summed E-state index contributed by atoms with van der Waals surface area (Å²) < 4.78 is 28.2. The standard InChI is InChI=1S/C35H44BrN3O4S/c1-35(2,3)28-18-20-31(21-19-28)39(44(4,42)43)25-33(40)38(24-27-14-11-15-29(36)22-27)32(23-26-12-7-5-8-13-26)34(41)37-30-16-9-6-10-17-30/h5,7-8,11-15,18-22,30,32H,6,9-10,16-17,23-25H2,1-4H3,(H,37,41)/t32-/m0/s1. The molecule has 0 aromatic heterocycles. The van der Waals surface area contributed by atoms with E-state index >= 15 is 0 Å². The van der Waals surface area contributed by atoms with E-state index in [0.29, 0.717) is 12.1 Å². The highest BCUT2D eigenvalue weighted by Gasteiger charge is 2.34. The molecule has 2 amide bonds. The molecule has 3 aromatic rings. The lowest BCUT2D eigenvalue weighted by Crippen LogP contribution is -2.55. The number of halogens is 1. The zero-order chi connectivity index (χ0) is 31.9. The molecule has 1 aliphatic carbocycles. The van der Waals surface area contributed by atoms with Gasteiger partial charge < -0.3 is 10.2 Å². The normalized spacial score (nSPS) is 14.9. The number of sulfonamides is 1. The Morgan fingerprint density at radius 3 is 2.14 bits per heavy atom. The first kappa shape index (κ1) is 33.7. The van der Waals surface area contributed by atoms with E-state index in [9.17, 15) is 18.0 Å². The molecule has 0 spiro atoms. The molecule has 0 saturated heterocycles. The van der Waals surface area contributed by atoms with Crippen molar-refractivity contribution in [3.05, 3.63) is 100 Å². The van der Waals surface area contributed by atoms with Crippen LogP contribution >= 0.6 is 15.9 Å². The van der Waals surface area contributed by atoms with Gasteiger partial charge in [-0.05, 0) is 59.2 Å². The second-order valence-corrected chi connectivity index (χ2v) is 15.6. The predicted octanol–water partition coefficient (Wildman–Crippen LogP) is 6.60. The van der Waals surface area contributed by atoms with Crippen molar-refractivity contribution < 1.29 is 18.0 Å². The van der Waals surface area contributed by atoms with E-state index in [1.807, 2.05) is 66.7 Å². The van der Waals surface area contributed by atoms with Crippen molar-refractivity contribution in [3.8, 4) is 0 Å². The van der Waals surface area contributed by atoms with Gasteiger partial charge in [-0.1, -0.05) is 111 Å². The highest BCUT2D eigenvalue weighted by molar-refractivity contribution is 9.10. The van der Waals surface area contributed by atoms with Gasteiger partial charge in [-0.3, -0.25) is 13.9 Å². The van der Waals surface area contributed by atoms with Crippen LogP contribution in [0.1, 0.15) is 69.6 Å². The van der Waals surface area contributed by atoms with E-state index in [2.05, 4.69) is 42.0 Å². The van der Waals surface area contributed by atoms with Crippen LogP contribution in [0.4, 0.5) is 5.69 Å². The fraction of sp³-hybridized carbons (Fsp3) is 0.429. The summed E-state index contributed by atoms with van der Waals surface area (Å²) in [7, 11) is -3.82. The van der Waals surface area contributed by atoms with E-state index in [-0.39, 0.29) is 23.9 Å². The van der Waals surface area contributed by atoms with Crippen LogP contribution in [0.2, 0.25) is 0 Å². The molecular weight excluding hydrogens is 638 g/mol. The molecule has 9 heteroatoms. The smallest absolute Gasteiger partial charge is 0.244 e. The summed E-state index contributed by atoms with van der Waals surface area (Å²) in [4.78, 5) is 30.0. The summed E-state index contributed by atoms with van der Waals surface area (Å²) in [5.41, 5.74) is 3.10. The second kappa shape index (κ2) is 14.7. The number of carbonyl (C=O) groups excluding carboxylic acids is 2. The second-order valence-electron chi connectivity index (χ2n) is 12.8. The van der Waals surface area contributed by atoms with Gasteiger partial charge in [-0.25, -0.2) is 8.42 Å². The van der Waals surface area contributed by atoms with Gasteiger partial charge in [0.05, 0.1) is 11.9 Å². The van der Waals surface area contributed by atoms with E-state index in [0.717, 1.165) is 63.8 Å². The predicted molar refractivity (Wildman–Crippen MR) is 181 cm³/mol. The van der Waals surface area contributed by atoms with Crippen molar-refractivity contribution in [1.82, 2.24) is 10.2 Å². The minimum absolute atomic E-state index is 0.0613. The molecule has 0 bridgehead atoms. The SMILES string of the molecule is CC(C)(C)c1ccc(N(CC(=O)N(Cc2cccc(Br)c2)[C@@H](Cc2ccccc2)C(=O)NC2CCCCC2)S(C)(=O)=O)cc1. The van der Waals surface area contributed by atoms with E-state index in [4.69, 9.17) is 0 Å². The lowest BCUT2D eigenvalue weighted by atomic mass is 9.87. The maximum absolute atomic E-state index is 14.3. The summed E-state index contributed by atoms with van der Waals surface area (Å²) >= 11 is 3.52. The lowest BCUT2D eigenvalue weighted by Gasteiger charge is -2.35. The molecule has 1 N–H and O–H groups in total. The number of carbonyl (C=O) groups is 2. The van der Waals surface area contributed by atoms with E-state index in [1.165, 1.54) is 0 Å². The van der Waals surface area contributed by atoms with Crippen molar-refractivity contribution in [2.24, 2.45) is 0 Å². The van der Waals surface area contributed by atoms with Gasteiger partial charge in [0.2, 0.25) is 21.8 Å². The summed E-state index contributed by atoms with van der Waals surface area (Å²) in [6, 6.07) is 23.7. The van der Waals surface area contributed by atoms with Gasteiger partial charge >= 0.3 is 0 Å². The minimum Gasteiger partial charge on any atom is -0.352 e. The Kier molecular flexibility index (Phi) is 11.3. The summed E-state index contributed by atoms with van der Waals surface area (Å²) in [5.74, 6) is -0.667. The Morgan fingerprint density at radius 1 is 0.909 bits per heavy atom. The van der Waals surface area contributed by atoms with Crippen molar-refractivity contribution in [3.63, 3.8) is 0 Å². The van der Waals surface area contributed by atoms with Crippen LogP contribution in [0.25, 0.3) is 0 Å². The van der Waals surface area contributed by atoms with E-state index < -0.39 is 28.5 Å². The number of hydrogen-bond donors (Lipinski definition) is 1. The fourth-order valence-corrected chi connectivity index (χ4v) is 6.97. The topological polar surface area (TPSA) is 86.8 Å². The first-order valence-electron chi connectivity index (χ1n) is 15.3. The quantitative estimate of drug-likeness (QED) is 0.247. The van der Waals surface area contributed by atoms with Gasteiger partial charge in [0.25, 0.3) is 0 Å². The average molecular weight is 683 g/mol. The highest BCUT2D eigenvalue weighted by Crippen LogP contribution is 2.27. The molecule has 1 atom stereocenters. The molecule has 44 heavy (non-hydrogen) atoms. The number of benzene rings is 3. The van der Waals surface area contributed by atoms with Gasteiger partial charge in [0, 0.05) is 23.5 Å². The maximum atomic E-state index is 14.3. The largest absolute Gasteiger partial charge is 0.352 e. The Labute approximate surface area is 271 Å². The molecule has 1 aliphatic rings. The van der Waals surface area contributed by atoms with Crippen LogP contribution < -0.4 is 9.62 Å². The number of nitrogens with zero attached hydrogens (tertiary/aromatic N) is 2. The van der Waals surface area contributed by atoms with Crippen LogP contribution in [0.15, 0.2) is 83.3 Å². The third kappa shape index (κ3) is 9.41. The van der Waals surface area contributed by atoms with Crippen molar-refractivity contribution in [2.75, 3.05) is 17.1 Å². The number of nitrogens with one attached hydrogen (secondary N) is 1. The molecule has 1 fully saturated rings. The van der Waals surface area contributed by atoms with Crippen molar-refractivity contribution in [2.45, 2.75) is 83.3 Å². The Balaban J connectivity index is 1.72. The van der Waals surface area contributed by atoms with Crippen molar-refractivity contribution in [1.29, 1.82) is 0 Å². The highest BCUT2D eigenvalue weighted by atomic mass is 79.9. The number of hydrogen-bond acceptors (Lipinski definition) is 4. The van der Waals surface area contributed by atoms with Crippen molar-refractivity contribution >= 4 is 43.5 Å². The van der Waals surface area contributed by atoms with Crippen LogP contribution in [0.3, 0.4) is 0 Å². The summed E-state index contributed by atoms with van der Waals surface area (Å²) in [5, 5.41) is 3.23. The Bertz CT molecular complexity index is 1520. The molecule has 1 saturated carbocycles. The number of amides is 2. The van der Waals surface area contributed by atoms with Gasteiger partial charge in [-0.15, -0.1) is 0 Å². The van der Waals surface area contributed by atoms with E-state index in [1.54, 1.807) is 17.0 Å². The zero-order valence-corrected chi connectivity index (χ0v) is 28.5. The Morgan fingerprint density at radius 2 is 1.55 bits per heavy atom. The third-order valence-electron chi connectivity index (χ3n) is 8.17. The maximum Gasteiger partial charge on any atom is 0.244 e. The van der Waals surface area contributed by atoms with Gasteiger partial charge in [-0.2, -0.15) is 0 Å². The van der Waals surface area contributed by atoms with Gasteiger partial charge in [0.1, 0.15) is 12.6 Å². The Hall–Kier alpha value is -3.17. The first-order valence-corrected chi connectivity index (χ1v) is 17.9. The molecule has 4 rings (SSSR count). The minimum atomic E-state index is -3.82. The van der Waals surface area contributed by atoms with Crippen LogP contribution in [-0.4, -0.2) is 50.0 Å². The van der Waals surface area contributed by atoms with Crippen LogP contribution in [0, 0.1) is 0 Å². The molecule has 0 aliphatic heterocycles. The molecule has 0 radical (unpaired) electrons. The molecular formula is C35H44BrN3O4S. The molecule has 3 aromatic carbocycles. The summed E-state index contributed by atoms with van der Waals surface area (Å²) in [6.07, 6.45) is 6.52. The monoisotopic (exact) mass is 681 g/mol.